The van der Waals surface area contributed by atoms with E-state index < -0.39 is 17.8 Å². The van der Waals surface area contributed by atoms with Crippen molar-refractivity contribution < 1.29 is 27.8 Å². The summed E-state index contributed by atoms with van der Waals surface area (Å²) in [5, 5.41) is 12.6. The maximum Gasteiger partial charge on any atom is 0.416 e. The number of ether oxygens (including phenoxy) is 1. The number of carbonyl (C=O) groups is 1. The smallest absolute Gasteiger partial charge is 0.416 e. The fourth-order valence-corrected chi connectivity index (χ4v) is 2.40. The molecule has 0 spiro atoms. The number of rotatable bonds is 6. The molecule has 1 fully saturated rings. The number of nitrogens with zero attached hydrogens (tertiary/aromatic N) is 1. The maximum absolute atomic E-state index is 12.6. The van der Waals surface area contributed by atoms with E-state index >= 15 is 0 Å². The number of carbonyl (C=O) groups excluding carboxylic acids is 1. The van der Waals surface area contributed by atoms with Crippen molar-refractivity contribution in [2.24, 2.45) is 0 Å². The van der Waals surface area contributed by atoms with Crippen LogP contribution in [0.2, 0.25) is 0 Å². The van der Waals surface area contributed by atoms with Gasteiger partial charge in [-0.25, -0.2) is 0 Å². The largest absolute Gasteiger partial charge is 0.491 e. The van der Waals surface area contributed by atoms with Crippen molar-refractivity contribution in [2.45, 2.75) is 25.2 Å². The minimum atomic E-state index is -4.42. The molecule has 0 radical (unpaired) electrons. The maximum atomic E-state index is 12.6. The summed E-state index contributed by atoms with van der Waals surface area (Å²) in [6.07, 6.45) is -5.24. The van der Waals surface area contributed by atoms with E-state index in [1.165, 1.54) is 19.1 Å². The van der Waals surface area contributed by atoms with Gasteiger partial charge in [0.1, 0.15) is 18.5 Å². The molecule has 0 bridgehead atoms. The molecule has 1 saturated heterocycles. The second kappa shape index (κ2) is 7.18. The molecule has 1 aromatic carbocycles. The molecule has 128 valence electrons. The summed E-state index contributed by atoms with van der Waals surface area (Å²) in [5.41, 5.74) is -0.787. The SMILES string of the molecule is CC(=O)NC1CN(CC(O)COc2cccc(C(F)(F)F)c2)C1. The molecule has 1 heterocycles. The van der Waals surface area contributed by atoms with Crippen LogP contribution in [0.25, 0.3) is 0 Å². The molecule has 5 nitrogen and oxygen atoms in total. The minimum Gasteiger partial charge on any atom is -0.491 e. The van der Waals surface area contributed by atoms with Gasteiger partial charge in [-0.1, -0.05) is 6.07 Å². The molecule has 2 N–H and O–H groups in total. The Bertz CT molecular complexity index is 545. The number of benzene rings is 1. The number of β-amino-alcohol motifs (C(OH)–C–C–N with tert-alkyl or cyclic N) is 1. The van der Waals surface area contributed by atoms with Crippen LogP contribution in [-0.4, -0.2) is 54.3 Å². The average molecular weight is 332 g/mol. The number of amides is 1. The summed E-state index contributed by atoms with van der Waals surface area (Å²) in [5.74, 6) is -0.0262. The molecule has 1 aromatic rings. The molecular weight excluding hydrogens is 313 g/mol. The standard InChI is InChI=1S/C15H19F3N2O3/c1-10(21)19-12-6-20(7-12)8-13(22)9-23-14-4-2-3-11(5-14)15(16,17)18/h2-5,12-13,22H,6-9H2,1H3,(H,19,21). The molecule has 1 aliphatic heterocycles. The third kappa shape index (κ3) is 5.40. The van der Waals surface area contributed by atoms with Crippen molar-refractivity contribution in [2.75, 3.05) is 26.2 Å². The Labute approximate surface area is 132 Å². The Hall–Kier alpha value is -1.80. The van der Waals surface area contributed by atoms with Crippen molar-refractivity contribution in [3.05, 3.63) is 29.8 Å². The monoisotopic (exact) mass is 332 g/mol. The van der Waals surface area contributed by atoms with Gasteiger partial charge in [-0.3, -0.25) is 9.69 Å². The van der Waals surface area contributed by atoms with Gasteiger partial charge in [-0.05, 0) is 18.2 Å². The first kappa shape index (κ1) is 17.6. The number of aliphatic hydroxyl groups is 1. The molecule has 23 heavy (non-hydrogen) atoms. The van der Waals surface area contributed by atoms with Crippen LogP contribution in [0.5, 0.6) is 5.75 Å². The fraction of sp³-hybridized carbons (Fsp3) is 0.533. The van der Waals surface area contributed by atoms with E-state index in [-0.39, 0.29) is 24.3 Å². The predicted octanol–water partition coefficient (Wildman–Crippen LogP) is 1.27. The van der Waals surface area contributed by atoms with Gasteiger partial charge in [0, 0.05) is 26.6 Å². The summed E-state index contributed by atoms with van der Waals surface area (Å²) in [6, 6.07) is 4.63. The van der Waals surface area contributed by atoms with Crippen LogP contribution in [0.3, 0.4) is 0 Å². The number of nitrogens with one attached hydrogen (secondary N) is 1. The molecule has 0 aromatic heterocycles. The van der Waals surface area contributed by atoms with E-state index in [4.69, 9.17) is 4.74 Å². The highest BCUT2D eigenvalue weighted by Gasteiger charge is 2.31. The van der Waals surface area contributed by atoms with Gasteiger partial charge in [0.15, 0.2) is 0 Å². The van der Waals surface area contributed by atoms with Crippen LogP contribution >= 0.6 is 0 Å². The van der Waals surface area contributed by atoms with Crippen molar-refractivity contribution in [1.82, 2.24) is 10.2 Å². The molecule has 1 atom stereocenters. The van der Waals surface area contributed by atoms with E-state index in [1.54, 1.807) is 0 Å². The Morgan fingerprint density at radius 2 is 2.17 bits per heavy atom. The lowest BCUT2D eigenvalue weighted by molar-refractivity contribution is -0.137. The zero-order chi connectivity index (χ0) is 17.0. The lowest BCUT2D eigenvalue weighted by atomic mass is 10.1. The van der Waals surface area contributed by atoms with Crippen LogP contribution in [-0.2, 0) is 11.0 Å². The third-order valence-corrected chi connectivity index (χ3v) is 3.44. The average Bonchev–Trinajstić information content (AvgIpc) is 2.42. The van der Waals surface area contributed by atoms with Crippen LogP contribution in [0.15, 0.2) is 24.3 Å². The Morgan fingerprint density at radius 1 is 1.48 bits per heavy atom. The lowest BCUT2D eigenvalue weighted by Crippen LogP contribution is -2.60. The Kier molecular flexibility index (Phi) is 5.48. The first-order valence-electron chi connectivity index (χ1n) is 7.21. The lowest BCUT2D eigenvalue weighted by Gasteiger charge is -2.40. The molecular formula is C15H19F3N2O3. The van der Waals surface area contributed by atoms with Crippen molar-refractivity contribution >= 4 is 5.91 Å². The van der Waals surface area contributed by atoms with Gasteiger partial charge in [0.25, 0.3) is 0 Å². The van der Waals surface area contributed by atoms with Gasteiger partial charge in [-0.15, -0.1) is 0 Å². The van der Waals surface area contributed by atoms with Crippen molar-refractivity contribution in [1.29, 1.82) is 0 Å². The highest BCUT2D eigenvalue weighted by molar-refractivity contribution is 5.73. The molecule has 0 saturated carbocycles. The van der Waals surface area contributed by atoms with E-state index in [0.717, 1.165) is 12.1 Å². The second-order valence-electron chi connectivity index (χ2n) is 5.61. The van der Waals surface area contributed by atoms with Crippen LogP contribution < -0.4 is 10.1 Å². The number of aliphatic hydroxyl groups excluding tert-OH is 1. The highest BCUT2D eigenvalue weighted by atomic mass is 19.4. The Balaban J connectivity index is 1.73. The summed E-state index contributed by atoms with van der Waals surface area (Å²) in [4.78, 5) is 12.8. The summed E-state index contributed by atoms with van der Waals surface area (Å²) in [6.45, 7) is 2.97. The predicted molar refractivity (Wildman–Crippen MR) is 77.0 cm³/mol. The van der Waals surface area contributed by atoms with Crippen LogP contribution in [0.1, 0.15) is 12.5 Å². The molecule has 2 rings (SSSR count). The normalized spacial score (nSPS) is 17.4. The van der Waals surface area contributed by atoms with E-state index in [1.807, 2.05) is 4.90 Å². The summed E-state index contributed by atoms with van der Waals surface area (Å²) < 4.78 is 43.0. The van der Waals surface area contributed by atoms with Crippen LogP contribution in [0.4, 0.5) is 13.2 Å². The fourth-order valence-electron chi connectivity index (χ4n) is 2.40. The molecule has 1 amide bonds. The number of likely N-dealkylation sites (tertiary alicyclic amines) is 1. The summed E-state index contributed by atoms with van der Waals surface area (Å²) in [7, 11) is 0. The quantitative estimate of drug-likeness (QED) is 0.823. The van der Waals surface area contributed by atoms with Crippen LogP contribution in [0, 0.1) is 0 Å². The Morgan fingerprint density at radius 3 is 2.78 bits per heavy atom. The molecule has 0 aliphatic carbocycles. The first-order chi connectivity index (χ1) is 10.7. The van der Waals surface area contributed by atoms with E-state index in [0.29, 0.717) is 19.6 Å². The third-order valence-electron chi connectivity index (χ3n) is 3.44. The molecule has 1 aliphatic rings. The molecule has 8 heteroatoms. The van der Waals surface area contributed by atoms with Crippen molar-refractivity contribution in [3.8, 4) is 5.75 Å². The van der Waals surface area contributed by atoms with Gasteiger partial charge in [0.05, 0.1) is 11.6 Å². The first-order valence-corrected chi connectivity index (χ1v) is 7.21. The van der Waals surface area contributed by atoms with Crippen molar-refractivity contribution in [3.63, 3.8) is 0 Å². The van der Waals surface area contributed by atoms with E-state index in [2.05, 4.69) is 5.32 Å². The number of hydrogen-bond acceptors (Lipinski definition) is 4. The summed E-state index contributed by atoms with van der Waals surface area (Å²) >= 11 is 0. The van der Waals surface area contributed by atoms with Gasteiger partial charge in [-0.2, -0.15) is 13.2 Å². The number of halogens is 3. The van der Waals surface area contributed by atoms with E-state index in [9.17, 15) is 23.1 Å². The molecule has 1 unspecified atom stereocenters. The zero-order valence-corrected chi connectivity index (χ0v) is 12.6. The zero-order valence-electron chi connectivity index (χ0n) is 12.6. The minimum absolute atomic E-state index is 0.0682. The number of hydrogen-bond donors (Lipinski definition) is 2. The van der Waals surface area contributed by atoms with Gasteiger partial charge < -0.3 is 15.2 Å². The van der Waals surface area contributed by atoms with Gasteiger partial charge >= 0.3 is 6.18 Å². The highest BCUT2D eigenvalue weighted by Crippen LogP contribution is 2.31. The number of alkyl halides is 3. The topological polar surface area (TPSA) is 61.8 Å². The second-order valence-corrected chi connectivity index (χ2v) is 5.61. The van der Waals surface area contributed by atoms with Gasteiger partial charge in [0.2, 0.25) is 5.91 Å².